The van der Waals surface area contributed by atoms with Crippen molar-refractivity contribution in [2.75, 3.05) is 0 Å². The molecular weight excluding hydrogens is 424 g/mol. The second kappa shape index (κ2) is 8.34. The van der Waals surface area contributed by atoms with Gasteiger partial charge in [-0.25, -0.2) is 0 Å². The molecule has 2 fully saturated rings. The van der Waals surface area contributed by atoms with Gasteiger partial charge in [-0.1, -0.05) is 58.4 Å². The Morgan fingerprint density at radius 3 is 2.41 bits per heavy atom. The molecule has 0 spiro atoms. The Kier molecular flexibility index (Phi) is 6.30. The van der Waals surface area contributed by atoms with E-state index in [1.54, 1.807) is 0 Å². The molecule has 0 aliphatic heterocycles. The lowest BCUT2D eigenvalue weighted by Gasteiger charge is -2.61. The van der Waals surface area contributed by atoms with E-state index in [1.165, 1.54) is 16.7 Å². The van der Waals surface area contributed by atoms with Crippen LogP contribution in [0, 0.1) is 39.4 Å². The van der Waals surface area contributed by atoms with Gasteiger partial charge in [-0.15, -0.1) is 0 Å². The van der Waals surface area contributed by atoms with Crippen molar-refractivity contribution >= 4 is 5.97 Å². The number of hydrogen-bond acceptors (Lipinski definition) is 3. The molecule has 3 N–H and O–H groups in total. The van der Waals surface area contributed by atoms with Gasteiger partial charge in [-0.3, -0.25) is 4.79 Å². The van der Waals surface area contributed by atoms with E-state index in [0.717, 1.165) is 32.1 Å². The molecule has 34 heavy (non-hydrogen) atoms. The molecule has 0 unspecified atom stereocenters. The molecule has 0 radical (unpaired) electrons. The van der Waals surface area contributed by atoms with Gasteiger partial charge in [0, 0.05) is 11.3 Å². The minimum atomic E-state index is -0.779. The van der Waals surface area contributed by atoms with E-state index in [4.69, 9.17) is 0 Å². The Balaban J connectivity index is 1.74. The maximum atomic E-state index is 12.5. The number of fused-ring (bicyclic) bond motifs is 5. The fourth-order valence-corrected chi connectivity index (χ4v) is 8.83. The highest BCUT2D eigenvalue weighted by atomic mass is 16.4. The molecule has 4 heteroatoms. The molecular formula is C30H46O4. The van der Waals surface area contributed by atoms with Crippen LogP contribution in [0.1, 0.15) is 93.4 Å². The molecule has 4 aliphatic rings. The van der Waals surface area contributed by atoms with Gasteiger partial charge in [0.05, 0.1) is 18.1 Å². The SMILES string of the molecule is CC(C)=CCC[C@@H](C(=O)O)[C@H]1[C@H](O)C[C@@]2(C)C3=CC[C@H]4C(C)(C)[C@H](O)CC[C@]4(C)C3=CC[C@]12C. The Morgan fingerprint density at radius 1 is 1.12 bits per heavy atom. The van der Waals surface area contributed by atoms with E-state index in [0.29, 0.717) is 18.8 Å². The molecule has 0 aromatic carbocycles. The highest BCUT2D eigenvalue weighted by Crippen LogP contribution is 2.71. The smallest absolute Gasteiger partial charge is 0.306 e. The summed E-state index contributed by atoms with van der Waals surface area (Å²) in [4.78, 5) is 12.5. The van der Waals surface area contributed by atoms with Crippen LogP contribution in [0.4, 0.5) is 0 Å². The number of carboxylic acid groups (broad SMARTS) is 1. The zero-order valence-corrected chi connectivity index (χ0v) is 22.3. The third kappa shape index (κ3) is 3.50. The van der Waals surface area contributed by atoms with Crippen LogP contribution in [0.15, 0.2) is 34.9 Å². The van der Waals surface area contributed by atoms with Crippen LogP contribution in [0.3, 0.4) is 0 Å². The second-order valence-corrected chi connectivity index (χ2v) is 13.4. The maximum Gasteiger partial charge on any atom is 0.306 e. The van der Waals surface area contributed by atoms with Crippen LogP contribution in [-0.2, 0) is 4.79 Å². The molecule has 0 aromatic heterocycles. The summed E-state index contributed by atoms with van der Waals surface area (Å²) in [6.07, 6.45) is 11.4. The first-order valence-corrected chi connectivity index (χ1v) is 13.3. The summed E-state index contributed by atoms with van der Waals surface area (Å²) in [5.41, 5.74) is 3.27. The predicted octanol–water partition coefficient (Wildman–Crippen LogP) is 6.29. The molecule has 2 saturated carbocycles. The summed E-state index contributed by atoms with van der Waals surface area (Å²) < 4.78 is 0. The summed E-state index contributed by atoms with van der Waals surface area (Å²) in [5.74, 6) is -1.22. The fraction of sp³-hybridized carbons (Fsp3) is 0.767. The quantitative estimate of drug-likeness (QED) is 0.413. The second-order valence-electron chi connectivity index (χ2n) is 13.4. The summed E-state index contributed by atoms with van der Waals surface area (Å²) in [7, 11) is 0. The first kappa shape index (κ1) is 25.7. The van der Waals surface area contributed by atoms with Crippen molar-refractivity contribution in [3.8, 4) is 0 Å². The van der Waals surface area contributed by atoms with Crippen LogP contribution < -0.4 is 0 Å². The van der Waals surface area contributed by atoms with Crippen LogP contribution >= 0.6 is 0 Å². The van der Waals surface area contributed by atoms with Gasteiger partial charge < -0.3 is 15.3 Å². The van der Waals surface area contributed by atoms with Gasteiger partial charge in [-0.2, -0.15) is 0 Å². The zero-order valence-electron chi connectivity index (χ0n) is 22.3. The Morgan fingerprint density at radius 2 is 1.79 bits per heavy atom. The molecule has 0 heterocycles. The standard InChI is InChI=1S/C30H46O4/c1-18(2)9-8-10-19(26(33)34)25-22(31)17-30(7)21-11-12-23-27(3,4)24(32)14-15-28(23,5)20(21)13-16-29(25,30)6/h9,11,13,19,22-25,31-32H,8,10,12,14-17H2,1-7H3,(H,33,34)/t19-,22-,23+,24-,25+,28-,29-,30+/m1/s1. The number of carboxylic acids is 1. The lowest BCUT2D eigenvalue weighted by atomic mass is 9.44. The fourth-order valence-electron chi connectivity index (χ4n) is 8.83. The summed E-state index contributed by atoms with van der Waals surface area (Å²) in [6, 6.07) is 0. The molecule has 4 rings (SSSR count). The highest BCUT2D eigenvalue weighted by molar-refractivity contribution is 5.71. The van der Waals surface area contributed by atoms with E-state index in [2.05, 4.69) is 52.8 Å². The van der Waals surface area contributed by atoms with Crippen LogP contribution in [0.2, 0.25) is 0 Å². The van der Waals surface area contributed by atoms with Crippen LogP contribution in [-0.4, -0.2) is 33.5 Å². The van der Waals surface area contributed by atoms with Crippen molar-refractivity contribution in [1.82, 2.24) is 0 Å². The van der Waals surface area contributed by atoms with Crippen molar-refractivity contribution < 1.29 is 20.1 Å². The third-order valence-corrected chi connectivity index (χ3v) is 11.1. The van der Waals surface area contributed by atoms with Gasteiger partial charge in [0.25, 0.3) is 0 Å². The first-order chi connectivity index (χ1) is 15.7. The lowest BCUT2D eigenvalue weighted by molar-refractivity contribution is -0.148. The third-order valence-electron chi connectivity index (χ3n) is 11.1. The molecule has 4 aliphatic carbocycles. The van der Waals surface area contributed by atoms with E-state index in [9.17, 15) is 20.1 Å². The number of carbonyl (C=O) groups is 1. The number of aliphatic hydroxyl groups is 2. The summed E-state index contributed by atoms with van der Waals surface area (Å²) >= 11 is 0. The number of rotatable bonds is 5. The maximum absolute atomic E-state index is 12.5. The van der Waals surface area contributed by atoms with Crippen molar-refractivity contribution in [2.45, 2.75) is 106 Å². The van der Waals surface area contributed by atoms with Gasteiger partial charge in [-0.05, 0) is 92.1 Å². The number of allylic oxidation sites excluding steroid dienone is 6. The number of hydrogen-bond donors (Lipinski definition) is 3. The van der Waals surface area contributed by atoms with E-state index >= 15 is 0 Å². The molecule has 0 amide bonds. The molecule has 0 bridgehead atoms. The van der Waals surface area contributed by atoms with Gasteiger partial charge >= 0.3 is 5.97 Å². The summed E-state index contributed by atoms with van der Waals surface area (Å²) in [6.45, 7) is 15.4. The average Bonchev–Trinajstić information content (AvgIpc) is 2.94. The highest BCUT2D eigenvalue weighted by Gasteiger charge is 2.66. The molecule has 0 saturated heterocycles. The normalized spacial score (nSPS) is 43.6. The number of aliphatic hydroxyl groups excluding tert-OH is 2. The van der Waals surface area contributed by atoms with E-state index < -0.39 is 18.0 Å². The van der Waals surface area contributed by atoms with E-state index in [-0.39, 0.29) is 33.7 Å². The lowest BCUT2D eigenvalue weighted by Crippen LogP contribution is -2.54. The minimum Gasteiger partial charge on any atom is -0.481 e. The van der Waals surface area contributed by atoms with E-state index in [1.807, 2.05) is 13.8 Å². The van der Waals surface area contributed by atoms with Crippen LogP contribution in [0.5, 0.6) is 0 Å². The molecule has 0 aromatic rings. The summed E-state index contributed by atoms with van der Waals surface area (Å²) in [5, 5.41) is 32.4. The number of aliphatic carboxylic acids is 1. The zero-order chi connectivity index (χ0) is 25.3. The van der Waals surface area contributed by atoms with Crippen molar-refractivity contribution in [2.24, 2.45) is 39.4 Å². The molecule has 190 valence electrons. The Hall–Kier alpha value is -1.39. The first-order valence-electron chi connectivity index (χ1n) is 13.3. The van der Waals surface area contributed by atoms with Crippen molar-refractivity contribution in [3.05, 3.63) is 34.9 Å². The van der Waals surface area contributed by atoms with Gasteiger partial charge in [0.15, 0.2) is 0 Å². The molecule has 8 atom stereocenters. The minimum absolute atomic E-state index is 0.00976. The topological polar surface area (TPSA) is 77.8 Å². The molecule has 4 nitrogen and oxygen atoms in total. The van der Waals surface area contributed by atoms with Crippen LogP contribution in [0.25, 0.3) is 0 Å². The van der Waals surface area contributed by atoms with Gasteiger partial charge in [0.1, 0.15) is 0 Å². The Labute approximate surface area is 206 Å². The predicted molar refractivity (Wildman–Crippen MR) is 136 cm³/mol. The average molecular weight is 471 g/mol. The van der Waals surface area contributed by atoms with Crippen molar-refractivity contribution in [3.63, 3.8) is 0 Å². The monoisotopic (exact) mass is 470 g/mol. The van der Waals surface area contributed by atoms with Gasteiger partial charge in [0.2, 0.25) is 0 Å². The largest absolute Gasteiger partial charge is 0.481 e. The Bertz CT molecular complexity index is 937. The van der Waals surface area contributed by atoms with Crippen molar-refractivity contribution in [1.29, 1.82) is 0 Å².